The zero-order valence-corrected chi connectivity index (χ0v) is 7.85. The average Bonchev–Trinajstić information content (AvgIpc) is 2.32. The first-order chi connectivity index (χ1) is 5.27. The van der Waals surface area contributed by atoms with Crippen molar-refractivity contribution in [3.05, 3.63) is 28.2 Å². The summed E-state index contributed by atoms with van der Waals surface area (Å²) in [5, 5.41) is 2.04. The lowest BCUT2D eigenvalue weighted by Gasteiger charge is -2.10. The third kappa shape index (κ3) is 1.14. The maximum Gasteiger partial charge on any atom is 0.0562 e. The minimum atomic E-state index is 0.936. The van der Waals surface area contributed by atoms with Gasteiger partial charge in [0, 0.05) is 18.1 Å². The summed E-state index contributed by atoms with van der Waals surface area (Å²) in [6.07, 6.45) is 0. The van der Waals surface area contributed by atoms with E-state index in [0.29, 0.717) is 0 Å². The molecule has 58 valence electrons. The molecular weight excluding hydrogens is 204 g/mol. The van der Waals surface area contributed by atoms with Gasteiger partial charge in [0.15, 0.2) is 0 Å². The molecule has 11 heavy (non-hydrogen) atoms. The molecule has 0 saturated carbocycles. The molecule has 0 atom stereocenters. The Morgan fingerprint density at radius 1 is 1.55 bits per heavy atom. The molecule has 0 radical (unpaired) electrons. The topological polar surface area (TPSA) is 15.3 Å². The molecule has 2 nitrogen and oxygen atoms in total. The van der Waals surface area contributed by atoms with Crippen molar-refractivity contribution in [1.82, 2.24) is 5.43 Å². The highest BCUT2D eigenvalue weighted by Gasteiger charge is 2.13. The van der Waals surface area contributed by atoms with E-state index in [1.165, 1.54) is 11.3 Å². The summed E-state index contributed by atoms with van der Waals surface area (Å²) < 4.78 is 1.15. The van der Waals surface area contributed by atoms with Gasteiger partial charge < -0.3 is 5.01 Å². The predicted molar refractivity (Wildman–Crippen MR) is 49.4 cm³/mol. The maximum absolute atomic E-state index is 3.44. The van der Waals surface area contributed by atoms with E-state index in [0.717, 1.165) is 11.0 Å². The van der Waals surface area contributed by atoms with Crippen molar-refractivity contribution >= 4 is 21.6 Å². The van der Waals surface area contributed by atoms with Crippen LogP contribution in [0.1, 0.15) is 5.56 Å². The van der Waals surface area contributed by atoms with Crippen molar-refractivity contribution in [2.24, 2.45) is 0 Å². The van der Waals surface area contributed by atoms with Crippen molar-refractivity contribution in [3.63, 3.8) is 0 Å². The lowest BCUT2D eigenvalue weighted by Crippen LogP contribution is -2.26. The summed E-state index contributed by atoms with van der Waals surface area (Å²) in [4.78, 5) is 0. The Hall–Kier alpha value is -0.540. The van der Waals surface area contributed by atoms with Gasteiger partial charge in [-0.25, -0.2) is 5.43 Å². The summed E-state index contributed by atoms with van der Waals surface area (Å²) in [5.41, 5.74) is 5.85. The van der Waals surface area contributed by atoms with Gasteiger partial charge in [-0.15, -0.1) is 0 Å². The van der Waals surface area contributed by atoms with E-state index in [4.69, 9.17) is 0 Å². The van der Waals surface area contributed by atoms with Crippen LogP contribution in [0, 0.1) is 0 Å². The van der Waals surface area contributed by atoms with Gasteiger partial charge in [-0.3, -0.25) is 0 Å². The summed E-state index contributed by atoms with van der Waals surface area (Å²) in [7, 11) is 2.03. The molecule has 0 fully saturated rings. The number of hydrogen-bond donors (Lipinski definition) is 1. The van der Waals surface area contributed by atoms with Crippen LogP contribution < -0.4 is 10.4 Å². The SMILES string of the molecule is CN1NCc2cc(Br)ccc21. The van der Waals surface area contributed by atoms with Crippen molar-refractivity contribution in [2.45, 2.75) is 6.54 Å². The molecule has 1 aliphatic heterocycles. The molecule has 0 unspecified atom stereocenters. The van der Waals surface area contributed by atoms with Crippen LogP contribution in [0.3, 0.4) is 0 Å². The van der Waals surface area contributed by atoms with Gasteiger partial charge in [0.2, 0.25) is 0 Å². The molecule has 0 aromatic heterocycles. The number of nitrogens with zero attached hydrogens (tertiary/aromatic N) is 1. The predicted octanol–water partition coefficient (Wildman–Crippen LogP) is 1.90. The van der Waals surface area contributed by atoms with E-state index in [1.807, 2.05) is 12.1 Å². The number of anilines is 1. The fourth-order valence-electron chi connectivity index (χ4n) is 1.31. The zero-order valence-electron chi connectivity index (χ0n) is 6.26. The molecule has 1 heterocycles. The maximum atomic E-state index is 3.44. The van der Waals surface area contributed by atoms with Gasteiger partial charge in [0.25, 0.3) is 0 Å². The summed E-state index contributed by atoms with van der Waals surface area (Å²) in [5.74, 6) is 0. The third-order valence-electron chi connectivity index (χ3n) is 1.91. The standard InChI is InChI=1S/C8H9BrN2/c1-11-8-3-2-7(9)4-6(8)5-10-11/h2-4,10H,5H2,1H3. The van der Waals surface area contributed by atoms with E-state index in [2.05, 4.69) is 39.6 Å². The fourth-order valence-corrected chi connectivity index (χ4v) is 1.72. The van der Waals surface area contributed by atoms with Gasteiger partial charge in [-0.2, -0.15) is 0 Å². The highest BCUT2D eigenvalue weighted by Crippen LogP contribution is 2.26. The number of hydrazine groups is 1. The second-order valence-electron chi connectivity index (χ2n) is 2.67. The molecule has 2 rings (SSSR count). The van der Waals surface area contributed by atoms with Gasteiger partial charge in [-0.1, -0.05) is 15.9 Å². The molecule has 1 aromatic carbocycles. The first kappa shape index (κ1) is 7.13. The second kappa shape index (κ2) is 2.50. The highest BCUT2D eigenvalue weighted by atomic mass is 79.9. The number of hydrogen-bond acceptors (Lipinski definition) is 2. The second-order valence-corrected chi connectivity index (χ2v) is 3.58. The van der Waals surface area contributed by atoms with Crippen LogP contribution in [-0.4, -0.2) is 7.05 Å². The van der Waals surface area contributed by atoms with Crippen LogP contribution in [-0.2, 0) is 6.54 Å². The highest BCUT2D eigenvalue weighted by molar-refractivity contribution is 9.10. The van der Waals surface area contributed by atoms with Crippen molar-refractivity contribution in [1.29, 1.82) is 0 Å². The van der Waals surface area contributed by atoms with E-state index in [-0.39, 0.29) is 0 Å². The molecule has 3 heteroatoms. The van der Waals surface area contributed by atoms with Crippen molar-refractivity contribution in [3.8, 4) is 0 Å². The Kier molecular flexibility index (Phi) is 1.62. The van der Waals surface area contributed by atoms with E-state index < -0.39 is 0 Å². The molecule has 1 aromatic rings. The summed E-state index contributed by atoms with van der Waals surface area (Å²) >= 11 is 3.44. The number of halogens is 1. The van der Waals surface area contributed by atoms with Crippen molar-refractivity contribution < 1.29 is 0 Å². The van der Waals surface area contributed by atoms with E-state index in [1.54, 1.807) is 0 Å². The quantitative estimate of drug-likeness (QED) is 0.708. The molecular formula is C8H9BrN2. The largest absolute Gasteiger partial charge is 0.311 e. The third-order valence-corrected chi connectivity index (χ3v) is 2.40. The average molecular weight is 213 g/mol. The van der Waals surface area contributed by atoms with E-state index >= 15 is 0 Å². The van der Waals surface area contributed by atoms with Gasteiger partial charge in [0.1, 0.15) is 0 Å². The fraction of sp³-hybridized carbons (Fsp3) is 0.250. The van der Waals surface area contributed by atoms with Crippen LogP contribution in [0.4, 0.5) is 5.69 Å². The Balaban J connectivity index is 2.50. The molecule has 1 N–H and O–H groups in total. The number of benzene rings is 1. The normalized spacial score (nSPS) is 15.3. The van der Waals surface area contributed by atoms with Gasteiger partial charge in [0.05, 0.1) is 5.69 Å². The monoisotopic (exact) mass is 212 g/mol. The van der Waals surface area contributed by atoms with Crippen LogP contribution >= 0.6 is 15.9 Å². The van der Waals surface area contributed by atoms with Crippen LogP contribution in [0.25, 0.3) is 0 Å². The Bertz CT molecular complexity index is 285. The molecule has 0 saturated heterocycles. The molecule has 1 aliphatic rings. The lowest BCUT2D eigenvalue weighted by molar-refractivity contribution is 0.734. The summed E-state index contributed by atoms with van der Waals surface area (Å²) in [6.45, 7) is 0.936. The number of fused-ring (bicyclic) bond motifs is 1. The van der Waals surface area contributed by atoms with Crippen LogP contribution in [0.5, 0.6) is 0 Å². The number of nitrogens with one attached hydrogen (secondary N) is 1. The Morgan fingerprint density at radius 3 is 3.18 bits per heavy atom. The minimum absolute atomic E-state index is 0.936. The molecule has 0 bridgehead atoms. The van der Waals surface area contributed by atoms with E-state index in [9.17, 15) is 0 Å². The van der Waals surface area contributed by atoms with Gasteiger partial charge in [-0.05, 0) is 23.8 Å². The van der Waals surface area contributed by atoms with Gasteiger partial charge >= 0.3 is 0 Å². The first-order valence-corrected chi connectivity index (χ1v) is 4.32. The Morgan fingerprint density at radius 2 is 2.36 bits per heavy atom. The van der Waals surface area contributed by atoms with Crippen molar-refractivity contribution in [2.75, 3.05) is 12.1 Å². The zero-order chi connectivity index (χ0) is 7.84. The lowest BCUT2D eigenvalue weighted by atomic mass is 10.2. The molecule has 0 amide bonds. The Labute approximate surface area is 74.3 Å². The minimum Gasteiger partial charge on any atom is -0.311 e. The molecule has 0 aliphatic carbocycles. The first-order valence-electron chi connectivity index (χ1n) is 3.53. The molecule has 0 spiro atoms. The smallest absolute Gasteiger partial charge is 0.0562 e. The van der Waals surface area contributed by atoms with Crippen LogP contribution in [0.15, 0.2) is 22.7 Å². The summed E-state index contributed by atoms with van der Waals surface area (Å²) in [6, 6.07) is 6.31. The van der Waals surface area contributed by atoms with Crippen LogP contribution in [0.2, 0.25) is 0 Å². The number of rotatable bonds is 0.